The summed E-state index contributed by atoms with van der Waals surface area (Å²) >= 11 is 0. The predicted octanol–water partition coefficient (Wildman–Crippen LogP) is 2.51. The molecule has 8 heteroatoms. The van der Waals surface area contributed by atoms with Gasteiger partial charge in [0.25, 0.3) is 0 Å². The number of carboxylic acid groups (broad SMARTS) is 1. The van der Waals surface area contributed by atoms with Crippen LogP contribution in [0, 0.1) is 11.8 Å². The maximum atomic E-state index is 10.5. The Labute approximate surface area is 205 Å². The lowest BCUT2D eigenvalue weighted by Crippen LogP contribution is -2.50. The number of nitrogens with two attached hydrogens (primary N) is 1. The molecule has 4 atom stereocenters. The third-order valence-corrected chi connectivity index (χ3v) is 6.37. The monoisotopic (exact) mass is 487 g/mol. The average Bonchev–Trinajstić information content (AvgIpc) is 2.80. The van der Waals surface area contributed by atoms with Crippen LogP contribution in [0.2, 0.25) is 0 Å². The van der Waals surface area contributed by atoms with Crippen molar-refractivity contribution in [2.45, 2.75) is 102 Å². The molecule has 1 saturated carbocycles. The van der Waals surface area contributed by atoms with Gasteiger partial charge in [-0.2, -0.15) is 0 Å². The Kier molecular flexibility index (Phi) is 19.2. The molecule has 1 aliphatic rings. The van der Waals surface area contributed by atoms with Crippen LogP contribution in [0.1, 0.15) is 84.0 Å². The molecule has 200 valence electrons. The molecule has 0 bridgehead atoms. The molecule has 0 aromatic heterocycles. The summed E-state index contributed by atoms with van der Waals surface area (Å²) in [6, 6.07) is 0. The van der Waals surface area contributed by atoms with Gasteiger partial charge in [-0.1, -0.05) is 69.8 Å². The number of aliphatic hydroxyl groups excluding tert-OH is 5. The van der Waals surface area contributed by atoms with E-state index < -0.39 is 37.4 Å². The molecule has 34 heavy (non-hydrogen) atoms. The molecule has 2 unspecified atom stereocenters. The van der Waals surface area contributed by atoms with E-state index in [1.807, 2.05) is 18.2 Å². The summed E-state index contributed by atoms with van der Waals surface area (Å²) in [6.45, 7) is 1.01. The van der Waals surface area contributed by atoms with Gasteiger partial charge in [-0.15, -0.1) is 0 Å². The Morgan fingerprint density at radius 1 is 0.941 bits per heavy atom. The lowest BCUT2D eigenvalue weighted by molar-refractivity contribution is -0.137. The largest absolute Gasteiger partial charge is 0.481 e. The SMILES string of the molecule is CCCCCCCCC(O)/C=C/C=C/[C@H]1CC[C@H]1C(O)CCCC(=O)O.NC(CO)(CO)CO. The van der Waals surface area contributed by atoms with Gasteiger partial charge < -0.3 is 36.4 Å². The van der Waals surface area contributed by atoms with Crippen molar-refractivity contribution in [3.05, 3.63) is 24.3 Å². The molecule has 8 nitrogen and oxygen atoms in total. The fraction of sp³-hybridized carbons (Fsp3) is 0.808. The maximum absolute atomic E-state index is 10.5. The highest BCUT2D eigenvalue weighted by molar-refractivity contribution is 5.66. The van der Waals surface area contributed by atoms with E-state index in [0.29, 0.717) is 18.8 Å². The zero-order chi connectivity index (χ0) is 25.8. The summed E-state index contributed by atoms with van der Waals surface area (Å²) < 4.78 is 0. The lowest BCUT2D eigenvalue weighted by Gasteiger charge is -2.38. The summed E-state index contributed by atoms with van der Waals surface area (Å²) in [5.74, 6) is -0.177. The second kappa shape index (κ2) is 20.0. The average molecular weight is 488 g/mol. The smallest absolute Gasteiger partial charge is 0.303 e. The first-order valence-electron chi connectivity index (χ1n) is 12.8. The van der Waals surface area contributed by atoms with E-state index in [1.165, 1.54) is 32.1 Å². The van der Waals surface area contributed by atoms with Gasteiger partial charge in [0.2, 0.25) is 0 Å². The first-order chi connectivity index (χ1) is 16.2. The van der Waals surface area contributed by atoms with E-state index in [1.54, 1.807) is 0 Å². The number of allylic oxidation sites excluding steroid dienone is 3. The Morgan fingerprint density at radius 2 is 1.56 bits per heavy atom. The molecule has 0 amide bonds. The number of unbranched alkanes of at least 4 members (excludes halogenated alkanes) is 5. The van der Waals surface area contributed by atoms with Crippen molar-refractivity contribution in [3.8, 4) is 0 Å². The highest BCUT2D eigenvalue weighted by Crippen LogP contribution is 2.39. The van der Waals surface area contributed by atoms with Crippen molar-refractivity contribution < 1.29 is 35.4 Å². The van der Waals surface area contributed by atoms with Crippen molar-refractivity contribution in [1.82, 2.24) is 0 Å². The van der Waals surface area contributed by atoms with Crippen LogP contribution in [0.5, 0.6) is 0 Å². The number of hydrogen-bond acceptors (Lipinski definition) is 7. The van der Waals surface area contributed by atoms with E-state index >= 15 is 0 Å². The van der Waals surface area contributed by atoms with E-state index in [-0.39, 0.29) is 18.4 Å². The quantitative estimate of drug-likeness (QED) is 0.114. The predicted molar refractivity (Wildman–Crippen MR) is 134 cm³/mol. The molecule has 0 aromatic carbocycles. The summed E-state index contributed by atoms with van der Waals surface area (Å²) in [5.41, 5.74) is 3.94. The number of aliphatic hydroxyl groups is 5. The Hall–Kier alpha value is -1.29. The Balaban J connectivity index is 0.00000116. The maximum Gasteiger partial charge on any atom is 0.303 e. The normalized spacial score (nSPS) is 20.1. The van der Waals surface area contributed by atoms with E-state index in [0.717, 1.165) is 25.7 Å². The second-order valence-electron chi connectivity index (χ2n) is 9.49. The fourth-order valence-electron chi connectivity index (χ4n) is 3.72. The van der Waals surface area contributed by atoms with Crippen LogP contribution in [-0.4, -0.2) is 74.2 Å². The number of carbonyl (C=O) groups is 1. The van der Waals surface area contributed by atoms with Crippen molar-refractivity contribution in [2.24, 2.45) is 17.6 Å². The van der Waals surface area contributed by atoms with Crippen LogP contribution < -0.4 is 5.73 Å². The second-order valence-corrected chi connectivity index (χ2v) is 9.49. The molecule has 0 aliphatic heterocycles. The van der Waals surface area contributed by atoms with Crippen molar-refractivity contribution in [1.29, 1.82) is 0 Å². The molecule has 1 fully saturated rings. The third kappa shape index (κ3) is 15.6. The van der Waals surface area contributed by atoms with Gasteiger partial charge in [0.1, 0.15) is 0 Å². The van der Waals surface area contributed by atoms with Crippen molar-refractivity contribution in [2.75, 3.05) is 19.8 Å². The minimum atomic E-state index is -1.21. The zero-order valence-corrected chi connectivity index (χ0v) is 20.9. The third-order valence-electron chi connectivity index (χ3n) is 6.37. The zero-order valence-electron chi connectivity index (χ0n) is 20.9. The van der Waals surface area contributed by atoms with Gasteiger partial charge in [0.15, 0.2) is 0 Å². The topological polar surface area (TPSA) is 164 Å². The van der Waals surface area contributed by atoms with Crippen LogP contribution in [0.4, 0.5) is 0 Å². The lowest BCUT2D eigenvalue weighted by atomic mass is 9.69. The van der Waals surface area contributed by atoms with E-state index in [9.17, 15) is 15.0 Å². The van der Waals surface area contributed by atoms with Gasteiger partial charge in [-0.25, -0.2) is 0 Å². The highest BCUT2D eigenvalue weighted by Gasteiger charge is 2.33. The number of hydrogen-bond donors (Lipinski definition) is 7. The molecular weight excluding hydrogens is 438 g/mol. The Morgan fingerprint density at radius 3 is 2.06 bits per heavy atom. The van der Waals surface area contributed by atoms with Crippen LogP contribution in [0.25, 0.3) is 0 Å². The van der Waals surface area contributed by atoms with Crippen molar-refractivity contribution >= 4 is 5.97 Å². The van der Waals surface area contributed by atoms with Gasteiger partial charge in [0.05, 0.1) is 37.6 Å². The summed E-state index contributed by atoms with van der Waals surface area (Å²) in [6.07, 6.45) is 18.6. The molecule has 0 heterocycles. The molecular formula is C26H49NO7. The summed E-state index contributed by atoms with van der Waals surface area (Å²) in [5, 5.41) is 53.8. The van der Waals surface area contributed by atoms with Gasteiger partial charge in [0, 0.05) is 6.42 Å². The molecule has 0 radical (unpaired) electrons. The van der Waals surface area contributed by atoms with Gasteiger partial charge in [-0.3, -0.25) is 4.79 Å². The molecule has 8 N–H and O–H groups in total. The fourth-order valence-corrected chi connectivity index (χ4v) is 3.72. The molecule has 0 saturated heterocycles. The standard InChI is InChI=1S/C22H38O4.C4H11NO3/c1-2-3-4-5-6-7-12-19(23)13-9-8-11-18-16-17-20(18)21(24)14-10-15-22(25)26;5-4(1-6,2-7)3-8/h8-9,11,13,18-21,23-24H,2-7,10,12,14-17H2,1H3,(H,25,26);6-8H,1-3,5H2/b11-8+,13-9+;/t18-,19?,20+,21?;/m0./s1. The molecule has 1 rings (SSSR count). The summed E-state index contributed by atoms with van der Waals surface area (Å²) in [4.78, 5) is 10.5. The van der Waals surface area contributed by atoms with Gasteiger partial charge in [-0.05, 0) is 43.9 Å². The molecule has 0 aromatic rings. The van der Waals surface area contributed by atoms with Crippen LogP contribution in [0.15, 0.2) is 24.3 Å². The molecule has 1 aliphatic carbocycles. The first kappa shape index (κ1) is 32.7. The number of aliphatic carboxylic acids is 1. The summed E-state index contributed by atoms with van der Waals surface area (Å²) in [7, 11) is 0. The molecule has 0 spiro atoms. The minimum Gasteiger partial charge on any atom is -0.481 e. The van der Waals surface area contributed by atoms with Crippen LogP contribution >= 0.6 is 0 Å². The van der Waals surface area contributed by atoms with Crippen LogP contribution in [-0.2, 0) is 4.79 Å². The number of carboxylic acids is 1. The first-order valence-corrected chi connectivity index (χ1v) is 12.8. The van der Waals surface area contributed by atoms with Crippen molar-refractivity contribution in [3.63, 3.8) is 0 Å². The Bertz CT molecular complexity index is 555. The van der Waals surface area contributed by atoms with E-state index in [4.69, 9.17) is 26.2 Å². The minimum absolute atomic E-state index is 0.128. The van der Waals surface area contributed by atoms with Gasteiger partial charge >= 0.3 is 5.97 Å². The number of rotatable bonds is 18. The van der Waals surface area contributed by atoms with Crippen LogP contribution in [0.3, 0.4) is 0 Å². The van der Waals surface area contributed by atoms with E-state index in [2.05, 4.69) is 13.0 Å². The highest BCUT2D eigenvalue weighted by atomic mass is 16.4.